The molecule has 16 heavy (non-hydrogen) atoms. The first-order chi connectivity index (χ1) is 7.25. The van der Waals surface area contributed by atoms with E-state index in [1.165, 1.54) is 6.92 Å². The molecule has 5 heteroatoms. The van der Waals surface area contributed by atoms with Crippen molar-refractivity contribution in [2.45, 2.75) is 32.7 Å². The highest BCUT2D eigenvalue weighted by Gasteiger charge is 2.47. The first kappa shape index (κ1) is 12.4. The summed E-state index contributed by atoms with van der Waals surface area (Å²) in [6.45, 7) is 8.03. The van der Waals surface area contributed by atoms with E-state index in [0.29, 0.717) is 6.42 Å². The largest absolute Gasteiger partial charge is 0.452 e. The summed E-state index contributed by atoms with van der Waals surface area (Å²) in [6.07, 6.45) is 0.340. The average Bonchev–Trinajstić information content (AvgIpc) is 2.12. The molecule has 1 heterocycles. The summed E-state index contributed by atoms with van der Waals surface area (Å²) >= 11 is 0. The van der Waals surface area contributed by atoms with Gasteiger partial charge in [0.15, 0.2) is 6.61 Å². The maximum Gasteiger partial charge on any atom is 0.333 e. The monoisotopic (exact) mass is 225 g/mol. The Labute approximate surface area is 94.1 Å². The quantitative estimate of drug-likeness (QED) is 0.402. The van der Waals surface area contributed by atoms with E-state index in [0.717, 1.165) is 4.90 Å². The molecule has 0 aromatic heterocycles. The molecule has 88 valence electrons. The topological polar surface area (TPSA) is 63.7 Å². The summed E-state index contributed by atoms with van der Waals surface area (Å²) in [5.41, 5.74) is -0.244. The zero-order valence-electron chi connectivity index (χ0n) is 9.70. The second kappa shape index (κ2) is 4.08. The van der Waals surface area contributed by atoms with Gasteiger partial charge < -0.3 is 4.74 Å². The lowest BCUT2D eigenvalue weighted by Gasteiger charge is -2.45. The van der Waals surface area contributed by atoms with Crippen LogP contribution in [0.25, 0.3) is 0 Å². The lowest BCUT2D eigenvalue weighted by atomic mass is 9.88. The SMILES string of the molecule is C=C(C)C(=O)OCC(=O)N1C(=O)CC1(C)C. The van der Waals surface area contributed by atoms with Gasteiger partial charge in [-0.25, -0.2) is 4.79 Å². The molecule has 1 rings (SSSR count). The van der Waals surface area contributed by atoms with Crippen LogP contribution in [0.5, 0.6) is 0 Å². The van der Waals surface area contributed by atoms with Crippen molar-refractivity contribution in [1.29, 1.82) is 0 Å². The Bertz CT molecular complexity index is 370. The number of rotatable bonds is 3. The van der Waals surface area contributed by atoms with Crippen molar-refractivity contribution in [1.82, 2.24) is 4.90 Å². The van der Waals surface area contributed by atoms with Crippen LogP contribution in [-0.2, 0) is 19.1 Å². The average molecular weight is 225 g/mol. The van der Waals surface area contributed by atoms with E-state index in [4.69, 9.17) is 0 Å². The summed E-state index contributed by atoms with van der Waals surface area (Å²) < 4.78 is 4.68. The minimum absolute atomic E-state index is 0.224. The number of amides is 2. The summed E-state index contributed by atoms with van der Waals surface area (Å²) in [5.74, 6) is -1.35. The molecular formula is C11H15NO4. The number of hydrogen-bond acceptors (Lipinski definition) is 4. The van der Waals surface area contributed by atoms with Crippen molar-refractivity contribution >= 4 is 17.8 Å². The van der Waals surface area contributed by atoms with E-state index < -0.39 is 24.0 Å². The summed E-state index contributed by atoms with van der Waals surface area (Å²) in [4.78, 5) is 35.0. The van der Waals surface area contributed by atoms with Crippen LogP contribution in [0.2, 0.25) is 0 Å². The molecule has 1 fully saturated rings. The van der Waals surface area contributed by atoms with Crippen molar-refractivity contribution in [2.24, 2.45) is 0 Å². The smallest absolute Gasteiger partial charge is 0.333 e. The van der Waals surface area contributed by atoms with E-state index in [1.807, 2.05) is 0 Å². The number of carbonyl (C=O) groups is 3. The van der Waals surface area contributed by atoms with Crippen molar-refractivity contribution < 1.29 is 19.1 Å². The van der Waals surface area contributed by atoms with Crippen LogP contribution in [0.3, 0.4) is 0 Å². The fourth-order valence-electron chi connectivity index (χ4n) is 1.57. The molecule has 0 atom stereocenters. The van der Waals surface area contributed by atoms with Crippen LogP contribution in [-0.4, -0.2) is 34.8 Å². The zero-order chi connectivity index (χ0) is 12.5. The molecule has 0 saturated carbocycles. The molecule has 0 aliphatic carbocycles. The molecule has 1 aliphatic rings. The van der Waals surface area contributed by atoms with E-state index in [-0.39, 0.29) is 11.5 Å². The van der Waals surface area contributed by atoms with Crippen LogP contribution >= 0.6 is 0 Å². The normalized spacial score (nSPS) is 17.7. The van der Waals surface area contributed by atoms with Crippen LogP contribution in [0.15, 0.2) is 12.2 Å². The molecule has 0 unspecified atom stereocenters. The standard InChI is InChI=1S/C11H15NO4/c1-7(2)10(15)16-6-9(14)12-8(13)5-11(12,3)4/h1,5-6H2,2-4H3. The number of imide groups is 1. The lowest BCUT2D eigenvalue weighted by Crippen LogP contribution is -2.63. The lowest BCUT2D eigenvalue weighted by molar-refractivity contribution is -0.169. The Morgan fingerprint density at radius 1 is 1.50 bits per heavy atom. The molecule has 1 saturated heterocycles. The van der Waals surface area contributed by atoms with Crippen LogP contribution in [0.4, 0.5) is 0 Å². The van der Waals surface area contributed by atoms with Crippen molar-refractivity contribution in [3.05, 3.63) is 12.2 Å². The molecule has 0 aromatic carbocycles. The van der Waals surface area contributed by atoms with Crippen molar-refractivity contribution in [2.75, 3.05) is 6.61 Å². The second-order valence-corrected chi connectivity index (χ2v) is 4.47. The summed E-state index contributed by atoms with van der Waals surface area (Å²) in [6, 6.07) is 0. The van der Waals surface area contributed by atoms with E-state index >= 15 is 0 Å². The number of likely N-dealkylation sites (tertiary alicyclic amines) is 1. The van der Waals surface area contributed by atoms with Crippen molar-refractivity contribution in [3.63, 3.8) is 0 Å². The van der Waals surface area contributed by atoms with Gasteiger partial charge in [0.05, 0.1) is 12.0 Å². The minimum atomic E-state index is -0.626. The number of ether oxygens (including phenoxy) is 1. The molecule has 1 aliphatic heterocycles. The molecule has 5 nitrogen and oxygen atoms in total. The Morgan fingerprint density at radius 2 is 2.06 bits per heavy atom. The zero-order valence-corrected chi connectivity index (χ0v) is 9.70. The molecule has 0 radical (unpaired) electrons. The first-order valence-electron chi connectivity index (χ1n) is 4.94. The minimum Gasteiger partial charge on any atom is -0.452 e. The fraction of sp³-hybridized carbons (Fsp3) is 0.545. The van der Waals surface area contributed by atoms with Gasteiger partial charge in [-0.1, -0.05) is 6.58 Å². The fourth-order valence-corrected chi connectivity index (χ4v) is 1.57. The number of nitrogens with zero attached hydrogens (tertiary/aromatic N) is 1. The maximum absolute atomic E-state index is 11.6. The highest BCUT2D eigenvalue weighted by atomic mass is 16.5. The molecule has 2 amide bonds. The third-order valence-electron chi connectivity index (χ3n) is 2.36. The van der Waals surface area contributed by atoms with E-state index in [9.17, 15) is 14.4 Å². The number of esters is 1. The molecule has 0 bridgehead atoms. The van der Waals surface area contributed by atoms with Gasteiger partial charge in [0, 0.05) is 5.57 Å². The van der Waals surface area contributed by atoms with Gasteiger partial charge in [0.25, 0.3) is 5.91 Å². The number of β-lactam (4-membered cyclic amide) rings is 1. The van der Waals surface area contributed by atoms with Gasteiger partial charge in [0.2, 0.25) is 5.91 Å². The summed E-state index contributed by atoms with van der Waals surface area (Å²) in [7, 11) is 0. The highest BCUT2D eigenvalue weighted by Crippen LogP contribution is 2.30. The Balaban J connectivity index is 2.51. The summed E-state index contributed by atoms with van der Waals surface area (Å²) in [5, 5.41) is 0. The highest BCUT2D eigenvalue weighted by molar-refractivity contribution is 6.02. The van der Waals surface area contributed by atoms with Gasteiger partial charge in [-0.3, -0.25) is 14.5 Å². The van der Waals surface area contributed by atoms with Gasteiger partial charge >= 0.3 is 5.97 Å². The van der Waals surface area contributed by atoms with Crippen LogP contribution < -0.4 is 0 Å². The molecule has 0 aromatic rings. The second-order valence-electron chi connectivity index (χ2n) is 4.47. The first-order valence-corrected chi connectivity index (χ1v) is 4.94. The Hall–Kier alpha value is -1.65. The van der Waals surface area contributed by atoms with Crippen molar-refractivity contribution in [3.8, 4) is 0 Å². The predicted octanol–water partition coefficient (Wildman–Crippen LogP) is 0.643. The van der Waals surface area contributed by atoms with Gasteiger partial charge in [-0.05, 0) is 20.8 Å². The van der Waals surface area contributed by atoms with Gasteiger partial charge in [-0.15, -0.1) is 0 Å². The number of hydrogen-bond donors (Lipinski definition) is 0. The molecule has 0 spiro atoms. The van der Waals surface area contributed by atoms with Gasteiger partial charge in [0.1, 0.15) is 0 Å². The Kier molecular flexibility index (Phi) is 3.16. The maximum atomic E-state index is 11.6. The van der Waals surface area contributed by atoms with Gasteiger partial charge in [-0.2, -0.15) is 0 Å². The van der Waals surface area contributed by atoms with E-state index in [2.05, 4.69) is 11.3 Å². The third kappa shape index (κ3) is 2.29. The Morgan fingerprint density at radius 3 is 2.44 bits per heavy atom. The number of carbonyl (C=O) groups excluding carboxylic acids is 3. The van der Waals surface area contributed by atoms with Crippen LogP contribution in [0, 0.1) is 0 Å². The predicted molar refractivity (Wildman–Crippen MR) is 56.3 cm³/mol. The molecule has 0 N–H and O–H groups in total. The molecular weight excluding hydrogens is 210 g/mol. The van der Waals surface area contributed by atoms with E-state index in [1.54, 1.807) is 13.8 Å². The third-order valence-corrected chi connectivity index (χ3v) is 2.36. The van der Waals surface area contributed by atoms with Crippen LogP contribution in [0.1, 0.15) is 27.2 Å².